The van der Waals surface area contributed by atoms with Gasteiger partial charge in [0.15, 0.2) is 0 Å². The minimum atomic E-state index is 0.276. The number of hydrogen-bond acceptors (Lipinski definition) is 6. The highest BCUT2D eigenvalue weighted by atomic mass is 16.5. The Bertz CT molecular complexity index is 305. The van der Waals surface area contributed by atoms with Crippen molar-refractivity contribution in [2.75, 3.05) is 51.4 Å². The number of likely N-dealkylation sites (N-methyl/N-ethyl adjacent to an activating group) is 1. The minimum Gasteiger partial charge on any atom is -0.378 e. The molecule has 90 valence electrons. The molecule has 6 heteroatoms. The van der Waals surface area contributed by atoms with Crippen LogP contribution in [0.1, 0.15) is 0 Å². The minimum absolute atomic E-state index is 0.276. The molecule has 0 atom stereocenters. The second-order valence-corrected chi connectivity index (χ2v) is 3.64. The number of ether oxygens (including phenoxy) is 1. The smallest absolute Gasteiger partial charge is 0.221 e. The molecular weight excluding hydrogens is 206 g/mol. The van der Waals surface area contributed by atoms with Crippen LogP contribution in [0.2, 0.25) is 0 Å². The molecule has 1 aromatic heterocycles. The van der Waals surface area contributed by atoms with E-state index >= 15 is 0 Å². The number of nitrogens with one attached hydrogen (secondary N) is 1. The summed E-state index contributed by atoms with van der Waals surface area (Å²) in [5.41, 5.74) is 5.44. The van der Waals surface area contributed by atoms with Crippen molar-refractivity contribution in [1.29, 1.82) is 0 Å². The highest BCUT2D eigenvalue weighted by Gasteiger charge is 1.95. The van der Waals surface area contributed by atoms with Gasteiger partial charge in [-0.3, -0.25) is 0 Å². The summed E-state index contributed by atoms with van der Waals surface area (Å²) >= 11 is 0. The zero-order valence-corrected chi connectivity index (χ0v) is 9.81. The second-order valence-electron chi connectivity index (χ2n) is 3.64. The van der Waals surface area contributed by atoms with E-state index in [0.29, 0.717) is 13.2 Å². The molecular formula is C10H19N5O. The third kappa shape index (κ3) is 5.47. The van der Waals surface area contributed by atoms with Crippen LogP contribution in [0.5, 0.6) is 0 Å². The summed E-state index contributed by atoms with van der Waals surface area (Å²) in [5, 5.41) is 3.10. The molecule has 0 unspecified atom stereocenters. The molecule has 0 amide bonds. The summed E-state index contributed by atoms with van der Waals surface area (Å²) < 4.78 is 5.42. The molecule has 3 N–H and O–H groups in total. The lowest BCUT2D eigenvalue weighted by Crippen LogP contribution is -2.20. The van der Waals surface area contributed by atoms with E-state index in [1.165, 1.54) is 0 Å². The van der Waals surface area contributed by atoms with Crippen LogP contribution in [-0.4, -0.2) is 55.3 Å². The van der Waals surface area contributed by atoms with Crippen molar-refractivity contribution in [3.63, 3.8) is 0 Å². The zero-order chi connectivity index (χ0) is 11.8. The van der Waals surface area contributed by atoms with Gasteiger partial charge in [-0.2, -0.15) is 4.98 Å². The Morgan fingerprint density at radius 2 is 2.25 bits per heavy atom. The lowest BCUT2D eigenvalue weighted by molar-refractivity contribution is 0.126. The molecule has 6 nitrogen and oxygen atoms in total. The quantitative estimate of drug-likeness (QED) is 0.639. The van der Waals surface area contributed by atoms with Gasteiger partial charge in [0.05, 0.1) is 13.2 Å². The highest BCUT2D eigenvalue weighted by molar-refractivity contribution is 5.37. The van der Waals surface area contributed by atoms with Crippen molar-refractivity contribution in [2.45, 2.75) is 0 Å². The predicted molar refractivity (Wildman–Crippen MR) is 64.3 cm³/mol. The van der Waals surface area contributed by atoms with Crippen molar-refractivity contribution in [1.82, 2.24) is 14.9 Å². The van der Waals surface area contributed by atoms with Crippen LogP contribution in [0.15, 0.2) is 12.3 Å². The zero-order valence-electron chi connectivity index (χ0n) is 9.81. The molecule has 0 radical (unpaired) electrons. The van der Waals surface area contributed by atoms with Crippen molar-refractivity contribution >= 4 is 11.8 Å². The number of hydrogen-bond donors (Lipinski definition) is 2. The summed E-state index contributed by atoms with van der Waals surface area (Å²) in [6.07, 6.45) is 1.62. The van der Waals surface area contributed by atoms with Gasteiger partial charge < -0.3 is 20.7 Å². The van der Waals surface area contributed by atoms with Gasteiger partial charge in [-0.05, 0) is 20.2 Å². The fourth-order valence-corrected chi connectivity index (χ4v) is 1.07. The average Bonchev–Trinajstić information content (AvgIpc) is 2.23. The molecule has 0 aliphatic rings. The van der Waals surface area contributed by atoms with Crippen molar-refractivity contribution in [3.05, 3.63) is 12.3 Å². The fraction of sp³-hybridized carbons (Fsp3) is 0.600. The lowest BCUT2D eigenvalue weighted by Gasteiger charge is -2.10. The van der Waals surface area contributed by atoms with Crippen LogP contribution in [0.25, 0.3) is 0 Å². The van der Waals surface area contributed by atoms with E-state index in [1.54, 1.807) is 12.3 Å². The van der Waals surface area contributed by atoms with Crippen LogP contribution >= 0.6 is 0 Å². The van der Waals surface area contributed by atoms with E-state index < -0.39 is 0 Å². The topological polar surface area (TPSA) is 76.3 Å². The van der Waals surface area contributed by atoms with Crippen LogP contribution in [0.4, 0.5) is 11.8 Å². The van der Waals surface area contributed by atoms with Crippen molar-refractivity contribution in [3.8, 4) is 0 Å². The van der Waals surface area contributed by atoms with Gasteiger partial charge in [-0.1, -0.05) is 0 Å². The van der Waals surface area contributed by atoms with E-state index in [0.717, 1.165) is 19.0 Å². The Labute approximate surface area is 95.8 Å². The number of anilines is 2. The van der Waals surface area contributed by atoms with Gasteiger partial charge in [0.1, 0.15) is 5.82 Å². The van der Waals surface area contributed by atoms with Crippen LogP contribution in [0, 0.1) is 0 Å². The van der Waals surface area contributed by atoms with Gasteiger partial charge >= 0.3 is 0 Å². The van der Waals surface area contributed by atoms with E-state index in [2.05, 4.69) is 20.2 Å². The SMILES string of the molecule is CN(C)CCOCCNc1ccnc(N)n1. The molecule has 0 aliphatic carbocycles. The number of nitrogens with zero attached hydrogens (tertiary/aromatic N) is 3. The van der Waals surface area contributed by atoms with Crippen LogP contribution in [-0.2, 0) is 4.74 Å². The molecule has 0 aliphatic heterocycles. The summed E-state index contributed by atoms with van der Waals surface area (Å²) in [5.74, 6) is 1.00. The first-order chi connectivity index (χ1) is 7.68. The second kappa shape index (κ2) is 6.97. The van der Waals surface area contributed by atoms with Gasteiger partial charge in [0, 0.05) is 19.3 Å². The first kappa shape index (κ1) is 12.7. The Morgan fingerprint density at radius 3 is 2.94 bits per heavy atom. The number of nitrogen functional groups attached to an aromatic ring is 1. The Hall–Kier alpha value is -1.40. The largest absolute Gasteiger partial charge is 0.378 e. The maximum atomic E-state index is 5.44. The van der Waals surface area contributed by atoms with Crippen LogP contribution < -0.4 is 11.1 Å². The van der Waals surface area contributed by atoms with E-state index in [-0.39, 0.29) is 5.95 Å². The fourth-order valence-electron chi connectivity index (χ4n) is 1.07. The van der Waals surface area contributed by atoms with E-state index in [4.69, 9.17) is 10.5 Å². The normalized spacial score (nSPS) is 10.7. The monoisotopic (exact) mass is 225 g/mol. The summed E-state index contributed by atoms with van der Waals surface area (Å²) in [7, 11) is 4.04. The van der Waals surface area contributed by atoms with Gasteiger partial charge in [0.2, 0.25) is 5.95 Å². The first-order valence-corrected chi connectivity index (χ1v) is 5.23. The summed E-state index contributed by atoms with van der Waals surface area (Å²) in [4.78, 5) is 9.90. The third-order valence-electron chi connectivity index (χ3n) is 1.91. The molecule has 0 saturated heterocycles. The summed E-state index contributed by atoms with van der Waals surface area (Å²) in [6.45, 7) is 3.03. The maximum Gasteiger partial charge on any atom is 0.221 e. The van der Waals surface area contributed by atoms with E-state index in [1.807, 2.05) is 14.1 Å². The van der Waals surface area contributed by atoms with Crippen LogP contribution in [0.3, 0.4) is 0 Å². The molecule has 0 saturated carbocycles. The number of nitrogens with two attached hydrogens (primary N) is 1. The number of aromatic nitrogens is 2. The average molecular weight is 225 g/mol. The van der Waals surface area contributed by atoms with E-state index in [9.17, 15) is 0 Å². The van der Waals surface area contributed by atoms with Crippen molar-refractivity contribution in [2.24, 2.45) is 0 Å². The standard InChI is InChI=1S/C10H19N5O/c1-15(2)6-8-16-7-5-12-9-3-4-13-10(11)14-9/h3-4H,5-8H2,1-2H3,(H3,11,12,13,14). The Balaban J connectivity index is 2.07. The van der Waals surface area contributed by atoms with Gasteiger partial charge in [-0.15, -0.1) is 0 Å². The molecule has 1 rings (SSSR count). The third-order valence-corrected chi connectivity index (χ3v) is 1.91. The molecule has 0 aromatic carbocycles. The summed E-state index contributed by atoms with van der Waals surface area (Å²) in [6, 6.07) is 1.77. The van der Waals surface area contributed by atoms with Crippen molar-refractivity contribution < 1.29 is 4.74 Å². The van der Waals surface area contributed by atoms with Gasteiger partial charge in [0.25, 0.3) is 0 Å². The molecule has 1 heterocycles. The predicted octanol–water partition coefficient (Wildman–Crippen LogP) is 0.0489. The highest BCUT2D eigenvalue weighted by Crippen LogP contribution is 2.01. The Morgan fingerprint density at radius 1 is 1.44 bits per heavy atom. The maximum absolute atomic E-state index is 5.44. The molecule has 16 heavy (non-hydrogen) atoms. The first-order valence-electron chi connectivity index (χ1n) is 5.23. The lowest BCUT2D eigenvalue weighted by atomic mass is 10.5. The molecule has 0 bridgehead atoms. The molecule has 1 aromatic rings. The van der Waals surface area contributed by atoms with Gasteiger partial charge in [-0.25, -0.2) is 4.98 Å². The number of rotatable bonds is 7. The molecule has 0 fully saturated rings. The Kier molecular flexibility index (Phi) is 5.52. The molecule has 0 spiro atoms.